The van der Waals surface area contributed by atoms with Gasteiger partial charge >= 0.3 is 0 Å². The van der Waals surface area contributed by atoms with Gasteiger partial charge in [-0.25, -0.2) is 0 Å². The molecule has 2 N–H and O–H groups in total. The first-order valence-electron chi connectivity index (χ1n) is 13.3. The number of rotatable bonds is 7. The molecule has 0 saturated carbocycles. The van der Waals surface area contributed by atoms with Gasteiger partial charge in [0.15, 0.2) is 11.5 Å². The first kappa shape index (κ1) is 24.1. The summed E-state index contributed by atoms with van der Waals surface area (Å²) in [5.74, 6) is 1.21. The molecule has 1 aromatic heterocycles. The van der Waals surface area contributed by atoms with Crippen molar-refractivity contribution in [3.05, 3.63) is 48.2 Å². The van der Waals surface area contributed by atoms with Crippen molar-refractivity contribution in [3.63, 3.8) is 0 Å². The van der Waals surface area contributed by atoms with Crippen LogP contribution in [0.4, 0.5) is 5.69 Å². The molecule has 0 radical (unpaired) electrons. The van der Waals surface area contributed by atoms with Gasteiger partial charge in [0.05, 0.1) is 23.7 Å². The fourth-order valence-electron chi connectivity index (χ4n) is 5.78. The molecule has 3 aromatic rings. The summed E-state index contributed by atoms with van der Waals surface area (Å²) in [5.41, 5.74) is 2.92. The SMILES string of the molecule is Cn1ncc2ccc(N3CCC(C(=O)NC(CN4CCCC4)C(O)c4ccc5c(c4)OCCO5)C3)cc21. The molecule has 9 nitrogen and oxygen atoms in total. The molecule has 1 amide bonds. The predicted molar refractivity (Wildman–Crippen MR) is 141 cm³/mol. The predicted octanol–water partition coefficient (Wildman–Crippen LogP) is 2.48. The van der Waals surface area contributed by atoms with E-state index in [4.69, 9.17) is 9.47 Å². The fourth-order valence-corrected chi connectivity index (χ4v) is 5.78. The highest BCUT2D eigenvalue weighted by Crippen LogP contribution is 2.34. The van der Waals surface area contributed by atoms with Crippen LogP contribution < -0.4 is 19.7 Å². The lowest BCUT2D eigenvalue weighted by molar-refractivity contribution is -0.126. The maximum Gasteiger partial charge on any atom is 0.225 e. The first-order valence-corrected chi connectivity index (χ1v) is 13.3. The molecule has 3 aliphatic heterocycles. The Bertz CT molecular complexity index is 1270. The Morgan fingerprint density at radius 1 is 1.11 bits per heavy atom. The summed E-state index contributed by atoms with van der Waals surface area (Å²) in [7, 11) is 1.94. The van der Waals surface area contributed by atoms with Gasteiger partial charge in [-0.05, 0) is 68.2 Å². The van der Waals surface area contributed by atoms with Crippen LogP contribution in [-0.4, -0.2) is 77.7 Å². The Morgan fingerprint density at radius 3 is 2.76 bits per heavy atom. The third kappa shape index (κ3) is 4.98. The number of hydrogen-bond acceptors (Lipinski definition) is 7. The minimum Gasteiger partial charge on any atom is -0.486 e. The first-order chi connectivity index (χ1) is 18.0. The summed E-state index contributed by atoms with van der Waals surface area (Å²) in [6.45, 7) is 5.11. The lowest BCUT2D eigenvalue weighted by atomic mass is 9.99. The van der Waals surface area contributed by atoms with Crippen molar-refractivity contribution in [3.8, 4) is 11.5 Å². The van der Waals surface area contributed by atoms with Crippen molar-refractivity contribution in [2.45, 2.75) is 31.4 Å². The van der Waals surface area contributed by atoms with Crippen LogP contribution in [0.15, 0.2) is 42.6 Å². The average molecular weight is 506 g/mol. The Morgan fingerprint density at radius 2 is 1.92 bits per heavy atom. The van der Waals surface area contributed by atoms with Gasteiger partial charge in [-0.15, -0.1) is 0 Å². The average Bonchev–Trinajstić information content (AvgIpc) is 3.69. The summed E-state index contributed by atoms with van der Waals surface area (Å²) >= 11 is 0. The number of carbonyl (C=O) groups excluding carboxylic acids is 1. The van der Waals surface area contributed by atoms with Gasteiger partial charge in [0, 0.05) is 37.8 Å². The number of likely N-dealkylation sites (tertiary alicyclic amines) is 1. The number of nitrogens with zero attached hydrogens (tertiary/aromatic N) is 4. The van der Waals surface area contributed by atoms with Gasteiger partial charge in [0.1, 0.15) is 19.3 Å². The lowest BCUT2D eigenvalue weighted by Gasteiger charge is -2.30. The second kappa shape index (κ2) is 10.2. The molecule has 3 aliphatic rings. The van der Waals surface area contributed by atoms with Crippen LogP contribution in [0.25, 0.3) is 10.9 Å². The maximum absolute atomic E-state index is 13.5. The van der Waals surface area contributed by atoms with E-state index in [0.717, 1.165) is 61.1 Å². The number of aromatic nitrogens is 2. The highest BCUT2D eigenvalue weighted by Gasteiger charge is 2.33. The minimum atomic E-state index is -0.842. The number of aliphatic hydroxyl groups is 1. The van der Waals surface area contributed by atoms with Crippen LogP contribution in [0, 0.1) is 5.92 Å². The molecule has 3 unspecified atom stereocenters. The molecule has 2 saturated heterocycles. The van der Waals surface area contributed by atoms with Gasteiger partial charge < -0.3 is 29.7 Å². The topological polar surface area (TPSA) is 92.1 Å². The molecule has 0 bridgehead atoms. The van der Waals surface area contributed by atoms with Crippen molar-refractivity contribution >= 4 is 22.5 Å². The summed E-state index contributed by atoms with van der Waals surface area (Å²) in [4.78, 5) is 18.1. The van der Waals surface area contributed by atoms with E-state index in [1.807, 2.05) is 36.1 Å². The van der Waals surface area contributed by atoms with Crippen LogP contribution >= 0.6 is 0 Å². The second-order valence-corrected chi connectivity index (χ2v) is 10.4. The lowest BCUT2D eigenvalue weighted by Crippen LogP contribution is -2.48. The number of aliphatic hydroxyl groups excluding tert-OH is 1. The van der Waals surface area contributed by atoms with E-state index in [1.165, 1.54) is 0 Å². The van der Waals surface area contributed by atoms with Gasteiger partial charge in [-0.3, -0.25) is 9.48 Å². The highest BCUT2D eigenvalue weighted by molar-refractivity contribution is 5.84. The monoisotopic (exact) mass is 505 g/mol. The van der Waals surface area contributed by atoms with E-state index >= 15 is 0 Å². The van der Waals surface area contributed by atoms with Gasteiger partial charge in [0.2, 0.25) is 5.91 Å². The minimum absolute atomic E-state index is 0.00454. The smallest absolute Gasteiger partial charge is 0.225 e. The second-order valence-electron chi connectivity index (χ2n) is 10.4. The van der Waals surface area contributed by atoms with Crippen molar-refractivity contribution in [2.24, 2.45) is 13.0 Å². The van der Waals surface area contributed by atoms with Crippen molar-refractivity contribution < 1.29 is 19.4 Å². The zero-order valence-electron chi connectivity index (χ0n) is 21.3. The standard InChI is InChI=1S/C28H35N5O4/c1-31-24-15-22(6-4-20(24)16-29-31)33-11-8-21(17-33)28(35)30-23(18-32-9-2-3-10-32)27(34)19-5-7-25-26(14-19)37-13-12-36-25/h4-7,14-16,21,23,27,34H,2-3,8-13,17-18H2,1H3,(H,30,35). The zero-order chi connectivity index (χ0) is 25.4. The Labute approximate surface area is 216 Å². The van der Waals surface area contributed by atoms with Crippen LogP contribution in [-0.2, 0) is 11.8 Å². The molecule has 6 rings (SSSR count). The van der Waals surface area contributed by atoms with E-state index in [0.29, 0.717) is 37.8 Å². The number of anilines is 1. The largest absolute Gasteiger partial charge is 0.486 e. The number of ether oxygens (including phenoxy) is 2. The summed E-state index contributed by atoms with van der Waals surface area (Å²) in [6.07, 6.45) is 4.11. The van der Waals surface area contributed by atoms with E-state index in [-0.39, 0.29) is 11.8 Å². The van der Waals surface area contributed by atoms with Crippen LogP contribution in [0.1, 0.15) is 30.9 Å². The molecule has 2 fully saturated rings. The molecule has 0 aliphatic carbocycles. The Kier molecular flexibility index (Phi) is 6.65. The quantitative estimate of drug-likeness (QED) is 0.510. The molecule has 0 spiro atoms. The third-order valence-corrected chi connectivity index (χ3v) is 7.93. The summed E-state index contributed by atoms with van der Waals surface area (Å²) in [5, 5.41) is 20.1. The Balaban J connectivity index is 1.16. The number of aryl methyl sites for hydroxylation is 1. The van der Waals surface area contributed by atoms with Crippen LogP contribution in [0.3, 0.4) is 0 Å². The fraction of sp³-hybridized carbons (Fsp3) is 0.500. The molecule has 196 valence electrons. The van der Waals surface area contributed by atoms with E-state index in [9.17, 15) is 9.90 Å². The van der Waals surface area contributed by atoms with E-state index < -0.39 is 12.1 Å². The van der Waals surface area contributed by atoms with Gasteiger partial charge in [-0.1, -0.05) is 6.07 Å². The van der Waals surface area contributed by atoms with E-state index in [1.54, 1.807) is 0 Å². The molecule has 2 aromatic carbocycles. The van der Waals surface area contributed by atoms with Crippen LogP contribution in [0.5, 0.6) is 11.5 Å². The number of amides is 1. The summed E-state index contributed by atoms with van der Waals surface area (Å²) < 4.78 is 13.2. The number of carbonyl (C=O) groups is 1. The van der Waals surface area contributed by atoms with Gasteiger partial charge in [-0.2, -0.15) is 5.10 Å². The van der Waals surface area contributed by atoms with E-state index in [2.05, 4.69) is 38.4 Å². The number of hydrogen-bond donors (Lipinski definition) is 2. The van der Waals surface area contributed by atoms with Crippen LogP contribution in [0.2, 0.25) is 0 Å². The molecule has 37 heavy (non-hydrogen) atoms. The van der Waals surface area contributed by atoms with Crippen molar-refractivity contribution in [1.29, 1.82) is 0 Å². The number of fused-ring (bicyclic) bond motifs is 2. The van der Waals surface area contributed by atoms with Crippen molar-refractivity contribution in [1.82, 2.24) is 20.0 Å². The molecule has 4 heterocycles. The maximum atomic E-state index is 13.5. The molecule has 9 heteroatoms. The third-order valence-electron chi connectivity index (χ3n) is 7.93. The number of benzene rings is 2. The molecule has 3 atom stereocenters. The highest BCUT2D eigenvalue weighted by atomic mass is 16.6. The normalized spacial score (nSPS) is 21.4. The zero-order valence-corrected chi connectivity index (χ0v) is 21.3. The van der Waals surface area contributed by atoms with Crippen molar-refractivity contribution in [2.75, 3.05) is 50.8 Å². The summed E-state index contributed by atoms with van der Waals surface area (Å²) in [6, 6.07) is 11.5. The molecular weight excluding hydrogens is 470 g/mol. The number of nitrogens with one attached hydrogen (secondary N) is 1. The Hall–Kier alpha value is -3.30. The molecular formula is C28H35N5O4. The van der Waals surface area contributed by atoms with Gasteiger partial charge in [0.25, 0.3) is 0 Å².